The Morgan fingerprint density at radius 3 is 2.96 bits per heavy atom. The minimum Gasteiger partial charge on any atom is -0.507 e. The van der Waals surface area contributed by atoms with E-state index < -0.39 is 6.17 Å². The second-order valence-corrected chi connectivity index (χ2v) is 6.85. The van der Waals surface area contributed by atoms with Crippen molar-refractivity contribution in [3.63, 3.8) is 0 Å². The van der Waals surface area contributed by atoms with Gasteiger partial charge in [0.2, 0.25) is 5.65 Å². The summed E-state index contributed by atoms with van der Waals surface area (Å²) in [5.41, 5.74) is 2.83. The maximum Gasteiger partial charge on any atom is 0.297 e. The monoisotopic (exact) mass is 376 g/mol. The second kappa shape index (κ2) is 6.74. The standard InChI is InChI=1S/C18H18ClFN4O2/c1-9-6-10(19)7-14(25)16(9)12-2-3-15-17(22-12)24-18(26-15)23-13-8-21-5-4-11(13)20/h2-3,6-7,11,13,21,25H,4-5,8H2,1H3,(H,22,23,24)/t11-,13+/m0/s1. The lowest BCUT2D eigenvalue weighted by atomic mass is 10.0. The fourth-order valence-electron chi connectivity index (χ4n) is 3.20. The number of fused-ring (bicyclic) bond motifs is 1. The van der Waals surface area contributed by atoms with Crippen LogP contribution >= 0.6 is 11.6 Å². The van der Waals surface area contributed by atoms with Crippen LogP contribution in [-0.2, 0) is 0 Å². The molecule has 0 amide bonds. The third-order valence-electron chi connectivity index (χ3n) is 4.50. The van der Waals surface area contributed by atoms with Crippen LogP contribution in [0.3, 0.4) is 0 Å². The molecule has 0 saturated carbocycles. The number of aryl methyl sites for hydroxylation is 1. The molecule has 136 valence electrons. The molecule has 1 aromatic carbocycles. The zero-order valence-corrected chi connectivity index (χ0v) is 14.8. The first-order chi connectivity index (χ1) is 12.5. The number of alkyl halides is 1. The van der Waals surface area contributed by atoms with Crippen molar-refractivity contribution in [2.24, 2.45) is 0 Å². The molecule has 0 unspecified atom stereocenters. The number of nitrogens with zero attached hydrogens (tertiary/aromatic N) is 2. The van der Waals surface area contributed by atoms with Crippen molar-refractivity contribution in [1.82, 2.24) is 15.3 Å². The Morgan fingerprint density at radius 2 is 2.19 bits per heavy atom. The number of hydrogen-bond donors (Lipinski definition) is 3. The van der Waals surface area contributed by atoms with Gasteiger partial charge in [-0.05, 0) is 49.7 Å². The number of aromatic hydroxyl groups is 1. The molecular formula is C18H18ClFN4O2. The molecule has 0 radical (unpaired) electrons. The first-order valence-electron chi connectivity index (χ1n) is 8.39. The number of nitrogens with one attached hydrogen (secondary N) is 2. The summed E-state index contributed by atoms with van der Waals surface area (Å²) in [6, 6.07) is 6.55. The highest BCUT2D eigenvalue weighted by molar-refractivity contribution is 6.31. The molecule has 1 aliphatic rings. The highest BCUT2D eigenvalue weighted by atomic mass is 35.5. The average Bonchev–Trinajstić information content (AvgIpc) is 2.98. The fraction of sp³-hybridized carbons (Fsp3) is 0.333. The third-order valence-corrected chi connectivity index (χ3v) is 4.71. The highest BCUT2D eigenvalue weighted by Crippen LogP contribution is 2.35. The lowest BCUT2D eigenvalue weighted by Crippen LogP contribution is -2.46. The minimum atomic E-state index is -0.955. The SMILES string of the molecule is Cc1cc(Cl)cc(O)c1-c1ccc2oc(N[C@@H]3CNCC[C@@H]3F)nc2n1. The second-order valence-electron chi connectivity index (χ2n) is 6.41. The molecule has 1 fully saturated rings. The zero-order chi connectivity index (χ0) is 18.3. The molecule has 3 heterocycles. The number of hydrogen-bond acceptors (Lipinski definition) is 6. The maximum atomic E-state index is 14.0. The lowest BCUT2D eigenvalue weighted by molar-refractivity contribution is 0.239. The number of benzene rings is 1. The quantitative estimate of drug-likeness (QED) is 0.647. The van der Waals surface area contributed by atoms with Crippen LogP contribution in [0, 0.1) is 6.92 Å². The molecule has 2 aromatic heterocycles. The van der Waals surface area contributed by atoms with Gasteiger partial charge in [0, 0.05) is 17.1 Å². The number of phenolic OH excluding ortho intramolecular Hbond substituents is 1. The Hall–Kier alpha value is -2.38. The minimum absolute atomic E-state index is 0.0530. The first-order valence-corrected chi connectivity index (χ1v) is 8.77. The largest absolute Gasteiger partial charge is 0.507 e. The summed E-state index contributed by atoms with van der Waals surface area (Å²) in [6.45, 7) is 3.03. The smallest absolute Gasteiger partial charge is 0.297 e. The van der Waals surface area contributed by atoms with Gasteiger partial charge < -0.3 is 20.2 Å². The van der Waals surface area contributed by atoms with E-state index >= 15 is 0 Å². The summed E-state index contributed by atoms with van der Waals surface area (Å²) in [5.74, 6) is 0.0530. The molecule has 3 aromatic rings. The topological polar surface area (TPSA) is 83.2 Å². The number of rotatable bonds is 3. The molecule has 4 rings (SSSR count). The summed E-state index contributed by atoms with van der Waals surface area (Å²) in [4.78, 5) is 8.79. The molecule has 2 atom stereocenters. The number of anilines is 1. The summed E-state index contributed by atoms with van der Waals surface area (Å²) in [5, 5.41) is 16.8. The number of pyridine rings is 1. The number of piperidine rings is 1. The normalized spacial score (nSPS) is 20.4. The molecular weight excluding hydrogens is 359 g/mol. The Balaban J connectivity index is 1.66. The molecule has 0 aliphatic carbocycles. The van der Waals surface area contributed by atoms with Gasteiger partial charge in [-0.25, -0.2) is 9.37 Å². The summed E-state index contributed by atoms with van der Waals surface area (Å²) < 4.78 is 19.6. The molecule has 1 saturated heterocycles. The lowest BCUT2D eigenvalue weighted by Gasteiger charge is -2.26. The molecule has 0 bridgehead atoms. The van der Waals surface area contributed by atoms with E-state index in [-0.39, 0.29) is 17.8 Å². The van der Waals surface area contributed by atoms with Gasteiger partial charge in [-0.3, -0.25) is 0 Å². The predicted octanol–water partition coefficient (Wildman–Crippen LogP) is 3.67. The van der Waals surface area contributed by atoms with Crippen molar-refractivity contribution in [3.05, 3.63) is 34.9 Å². The first kappa shape index (κ1) is 17.1. The van der Waals surface area contributed by atoms with E-state index in [1.165, 1.54) is 6.07 Å². The van der Waals surface area contributed by atoms with E-state index in [4.69, 9.17) is 16.0 Å². The molecule has 26 heavy (non-hydrogen) atoms. The van der Waals surface area contributed by atoms with Crippen LogP contribution in [0.4, 0.5) is 10.4 Å². The van der Waals surface area contributed by atoms with Gasteiger partial charge in [0.05, 0.1) is 11.7 Å². The van der Waals surface area contributed by atoms with Crippen molar-refractivity contribution in [2.75, 3.05) is 18.4 Å². The molecule has 8 heteroatoms. The maximum absolute atomic E-state index is 14.0. The molecule has 0 spiro atoms. The summed E-state index contributed by atoms with van der Waals surface area (Å²) in [7, 11) is 0. The van der Waals surface area contributed by atoms with E-state index in [1.54, 1.807) is 18.2 Å². The Kier molecular flexibility index (Phi) is 4.42. The van der Waals surface area contributed by atoms with Crippen molar-refractivity contribution in [1.29, 1.82) is 0 Å². The van der Waals surface area contributed by atoms with E-state index in [1.807, 2.05) is 6.92 Å². The van der Waals surface area contributed by atoms with Crippen molar-refractivity contribution >= 4 is 28.8 Å². The number of halogens is 2. The van der Waals surface area contributed by atoms with Crippen molar-refractivity contribution < 1.29 is 13.9 Å². The van der Waals surface area contributed by atoms with Crippen LogP contribution in [0.2, 0.25) is 5.02 Å². The summed E-state index contributed by atoms with van der Waals surface area (Å²) >= 11 is 5.96. The van der Waals surface area contributed by atoms with E-state index in [2.05, 4.69) is 20.6 Å². The van der Waals surface area contributed by atoms with E-state index in [9.17, 15) is 9.50 Å². The third kappa shape index (κ3) is 3.20. The molecule has 3 N–H and O–H groups in total. The van der Waals surface area contributed by atoms with Gasteiger partial charge in [-0.1, -0.05) is 11.6 Å². The summed E-state index contributed by atoms with van der Waals surface area (Å²) in [6.07, 6.45) is -0.501. The Bertz CT molecular complexity index is 939. The molecule has 6 nitrogen and oxygen atoms in total. The number of aromatic nitrogens is 2. The van der Waals surface area contributed by atoms with Crippen LogP contribution in [0.25, 0.3) is 22.5 Å². The Morgan fingerprint density at radius 1 is 1.35 bits per heavy atom. The van der Waals surface area contributed by atoms with Gasteiger partial charge in [-0.2, -0.15) is 4.98 Å². The number of oxazole rings is 1. The Labute approximate surface area is 154 Å². The van der Waals surface area contributed by atoms with Crippen molar-refractivity contribution in [3.8, 4) is 17.0 Å². The van der Waals surface area contributed by atoms with E-state index in [0.717, 1.165) is 5.56 Å². The highest BCUT2D eigenvalue weighted by Gasteiger charge is 2.26. The van der Waals surface area contributed by atoms with Gasteiger partial charge >= 0.3 is 0 Å². The molecule has 1 aliphatic heterocycles. The van der Waals surface area contributed by atoms with Crippen LogP contribution in [-0.4, -0.2) is 40.4 Å². The van der Waals surface area contributed by atoms with Crippen LogP contribution in [0.15, 0.2) is 28.7 Å². The van der Waals surface area contributed by atoms with Crippen LogP contribution < -0.4 is 10.6 Å². The predicted molar refractivity (Wildman–Crippen MR) is 98.4 cm³/mol. The average molecular weight is 377 g/mol. The zero-order valence-electron chi connectivity index (χ0n) is 14.1. The van der Waals surface area contributed by atoms with Gasteiger partial charge in [0.25, 0.3) is 6.01 Å². The van der Waals surface area contributed by atoms with Crippen molar-refractivity contribution in [2.45, 2.75) is 25.6 Å². The van der Waals surface area contributed by atoms with Crippen LogP contribution in [0.1, 0.15) is 12.0 Å². The van der Waals surface area contributed by atoms with Crippen LogP contribution in [0.5, 0.6) is 5.75 Å². The van der Waals surface area contributed by atoms with Gasteiger partial charge in [0.1, 0.15) is 11.9 Å². The fourth-order valence-corrected chi connectivity index (χ4v) is 3.47. The number of phenols is 1. The van der Waals surface area contributed by atoms with Gasteiger partial charge in [-0.15, -0.1) is 0 Å². The van der Waals surface area contributed by atoms with E-state index in [0.29, 0.717) is 47.0 Å². The van der Waals surface area contributed by atoms with Gasteiger partial charge in [0.15, 0.2) is 5.58 Å².